The summed E-state index contributed by atoms with van der Waals surface area (Å²) < 4.78 is 12.7. The molecule has 0 aliphatic heterocycles. The second-order valence-corrected chi connectivity index (χ2v) is 11.3. The number of benzene rings is 4. The standard InChI is InChI=1S/C33H31ClN4O3S/c1-21(2)26-12-8-9-13-28(26)38-31(23-14-17-25(40-3)18-15-23)36-37-33(38)42-30(22-10-6-5-7-11-22)32(39)35-24-16-19-29(41-4)27(34)20-24/h5-21,30H,1-4H3,(H,35,39). The number of carbonyl (C=O) groups excluding carboxylic acids is 1. The van der Waals surface area contributed by atoms with Crippen LogP contribution in [0.1, 0.15) is 36.1 Å². The van der Waals surface area contributed by atoms with Crippen LogP contribution in [0.2, 0.25) is 5.02 Å². The van der Waals surface area contributed by atoms with E-state index in [9.17, 15) is 4.79 Å². The first kappa shape index (κ1) is 29.2. The molecule has 214 valence electrons. The van der Waals surface area contributed by atoms with Crippen molar-refractivity contribution in [3.05, 3.63) is 113 Å². The molecule has 4 aromatic carbocycles. The van der Waals surface area contributed by atoms with Crippen molar-refractivity contribution in [1.29, 1.82) is 0 Å². The number of hydrogen-bond donors (Lipinski definition) is 1. The number of methoxy groups -OCH3 is 2. The number of hydrogen-bond acceptors (Lipinski definition) is 6. The van der Waals surface area contributed by atoms with E-state index in [1.165, 1.54) is 11.8 Å². The van der Waals surface area contributed by atoms with E-state index in [2.05, 4.69) is 41.5 Å². The molecule has 0 radical (unpaired) electrons. The van der Waals surface area contributed by atoms with Gasteiger partial charge in [-0.3, -0.25) is 9.36 Å². The van der Waals surface area contributed by atoms with E-state index in [4.69, 9.17) is 21.1 Å². The van der Waals surface area contributed by atoms with Crippen molar-refractivity contribution in [3.63, 3.8) is 0 Å². The van der Waals surface area contributed by atoms with Gasteiger partial charge in [0.15, 0.2) is 11.0 Å². The summed E-state index contributed by atoms with van der Waals surface area (Å²) in [4.78, 5) is 13.9. The molecule has 5 aromatic rings. The van der Waals surface area contributed by atoms with E-state index in [0.717, 1.165) is 28.1 Å². The Hall–Kier alpha value is -4.27. The van der Waals surface area contributed by atoms with E-state index >= 15 is 0 Å². The van der Waals surface area contributed by atoms with Crippen molar-refractivity contribution < 1.29 is 14.3 Å². The van der Waals surface area contributed by atoms with Gasteiger partial charge in [0.2, 0.25) is 5.91 Å². The number of amides is 1. The van der Waals surface area contributed by atoms with Crippen LogP contribution in [-0.2, 0) is 4.79 Å². The third kappa shape index (κ3) is 6.30. The van der Waals surface area contributed by atoms with Gasteiger partial charge < -0.3 is 14.8 Å². The molecule has 0 spiro atoms. The molecule has 1 amide bonds. The van der Waals surface area contributed by atoms with Gasteiger partial charge in [-0.25, -0.2) is 0 Å². The minimum Gasteiger partial charge on any atom is -0.497 e. The number of anilines is 1. The van der Waals surface area contributed by atoms with Gasteiger partial charge in [-0.15, -0.1) is 10.2 Å². The fraction of sp³-hybridized carbons (Fsp3) is 0.182. The zero-order valence-corrected chi connectivity index (χ0v) is 25.3. The smallest absolute Gasteiger partial charge is 0.242 e. The summed E-state index contributed by atoms with van der Waals surface area (Å²) >= 11 is 7.68. The number of nitrogens with one attached hydrogen (secondary N) is 1. The van der Waals surface area contributed by atoms with Gasteiger partial charge in [0.1, 0.15) is 16.7 Å². The average Bonchev–Trinajstić information content (AvgIpc) is 3.43. The fourth-order valence-electron chi connectivity index (χ4n) is 4.63. The van der Waals surface area contributed by atoms with Crippen LogP contribution < -0.4 is 14.8 Å². The Bertz CT molecular complexity index is 1670. The molecule has 0 aliphatic rings. The van der Waals surface area contributed by atoms with Crippen LogP contribution in [0.5, 0.6) is 11.5 Å². The van der Waals surface area contributed by atoms with Crippen molar-refractivity contribution in [2.24, 2.45) is 0 Å². The minimum atomic E-state index is -0.634. The van der Waals surface area contributed by atoms with Crippen LogP contribution in [0.15, 0.2) is 102 Å². The maximum Gasteiger partial charge on any atom is 0.242 e. The summed E-state index contributed by atoms with van der Waals surface area (Å²) in [7, 11) is 3.19. The highest BCUT2D eigenvalue weighted by Gasteiger charge is 2.28. The number of rotatable bonds is 10. The Labute approximate surface area is 254 Å². The van der Waals surface area contributed by atoms with Gasteiger partial charge in [0.05, 0.1) is 24.9 Å². The van der Waals surface area contributed by atoms with Gasteiger partial charge >= 0.3 is 0 Å². The number of halogens is 1. The second-order valence-electron chi connectivity index (χ2n) is 9.83. The van der Waals surface area contributed by atoms with Crippen LogP contribution in [-0.4, -0.2) is 34.9 Å². The lowest BCUT2D eigenvalue weighted by molar-refractivity contribution is -0.115. The van der Waals surface area contributed by atoms with Gasteiger partial charge in [0, 0.05) is 11.3 Å². The third-order valence-electron chi connectivity index (χ3n) is 6.76. The predicted molar refractivity (Wildman–Crippen MR) is 169 cm³/mol. The molecule has 42 heavy (non-hydrogen) atoms. The van der Waals surface area contributed by atoms with Crippen LogP contribution in [0.25, 0.3) is 17.1 Å². The molecule has 0 saturated heterocycles. The van der Waals surface area contributed by atoms with Crippen LogP contribution >= 0.6 is 23.4 Å². The van der Waals surface area contributed by atoms with Crippen LogP contribution in [0.4, 0.5) is 5.69 Å². The summed E-state index contributed by atoms with van der Waals surface area (Å²) in [5, 5.41) is 12.6. The molecule has 0 aliphatic carbocycles. The molecule has 1 heterocycles. The maximum absolute atomic E-state index is 13.9. The predicted octanol–water partition coefficient (Wildman–Crippen LogP) is 8.20. The zero-order chi connectivity index (χ0) is 29.6. The Morgan fingerprint density at radius 2 is 1.60 bits per heavy atom. The van der Waals surface area contributed by atoms with Gasteiger partial charge in [0.25, 0.3) is 0 Å². The molecule has 7 nitrogen and oxygen atoms in total. The number of aromatic nitrogens is 3. The quantitative estimate of drug-likeness (QED) is 0.163. The van der Waals surface area contributed by atoms with Crippen molar-refractivity contribution in [1.82, 2.24) is 14.8 Å². The Morgan fingerprint density at radius 1 is 0.881 bits per heavy atom. The molecule has 1 N–H and O–H groups in total. The first-order chi connectivity index (χ1) is 20.4. The van der Waals surface area contributed by atoms with Crippen LogP contribution in [0.3, 0.4) is 0 Å². The fourth-order valence-corrected chi connectivity index (χ4v) is 5.93. The normalized spacial score (nSPS) is 11.8. The van der Waals surface area contributed by atoms with Crippen molar-refractivity contribution in [2.45, 2.75) is 30.2 Å². The zero-order valence-electron chi connectivity index (χ0n) is 23.7. The molecule has 1 unspecified atom stereocenters. The molecule has 1 aromatic heterocycles. The number of para-hydroxylation sites is 1. The summed E-state index contributed by atoms with van der Waals surface area (Å²) in [6.45, 7) is 4.31. The molecular formula is C33H31ClN4O3S. The van der Waals surface area contributed by atoms with E-state index in [-0.39, 0.29) is 11.8 Å². The van der Waals surface area contributed by atoms with Gasteiger partial charge in [-0.2, -0.15) is 0 Å². The number of nitrogens with zero attached hydrogens (tertiary/aromatic N) is 3. The Morgan fingerprint density at radius 3 is 2.26 bits per heavy atom. The minimum absolute atomic E-state index is 0.217. The second kappa shape index (κ2) is 13.1. The number of thioether (sulfide) groups is 1. The van der Waals surface area contributed by atoms with Crippen molar-refractivity contribution in [3.8, 4) is 28.6 Å². The average molecular weight is 599 g/mol. The maximum atomic E-state index is 13.9. The highest BCUT2D eigenvalue weighted by atomic mass is 35.5. The van der Waals surface area contributed by atoms with E-state index < -0.39 is 5.25 Å². The summed E-state index contributed by atoms with van der Waals surface area (Å²) in [5.41, 5.74) is 4.37. The third-order valence-corrected chi connectivity index (χ3v) is 8.26. The summed E-state index contributed by atoms with van der Waals surface area (Å²) in [6, 6.07) is 30.7. The lowest BCUT2D eigenvalue weighted by Crippen LogP contribution is -2.19. The number of carbonyl (C=O) groups is 1. The number of ether oxygens (including phenoxy) is 2. The molecular weight excluding hydrogens is 568 g/mol. The molecule has 0 fully saturated rings. The van der Waals surface area contributed by atoms with Crippen molar-refractivity contribution in [2.75, 3.05) is 19.5 Å². The Kier molecular flexibility index (Phi) is 9.15. The first-order valence-corrected chi connectivity index (χ1v) is 14.7. The van der Waals surface area contributed by atoms with Gasteiger partial charge in [-0.05, 0) is 65.6 Å². The topological polar surface area (TPSA) is 78.3 Å². The highest BCUT2D eigenvalue weighted by molar-refractivity contribution is 8.00. The summed E-state index contributed by atoms with van der Waals surface area (Å²) in [5.74, 6) is 1.99. The Balaban J connectivity index is 1.59. The highest BCUT2D eigenvalue weighted by Crippen LogP contribution is 2.40. The molecule has 0 bridgehead atoms. The lowest BCUT2D eigenvalue weighted by atomic mass is 10.0. The van der Waals surface area contributed by atoms with E-state index in [0.29, 0.717) is 27.4 Å². The van der Waals surface area contributed by atoms with Gasteiger partial charge in [-0.1, -0.05) is 85.7 Å². The van der Waals surface area contributed by atoms with E-state index in [1.54, 1.807) is 32.4 Å². The SMILES string of the molecule is COc1ccc(-c2nnc(SC(C(=O)Nc3ccc(OC)c(Cl)c3)c3ccccc3)n2-c2ccccc2C(C)C)cc1. The lowest BCUT2D eigenvalue weighted by Gasteiger charge is -2.20. The first-order valence-electron chi connectivity index (χ1n) is 13.4. The monoisotopic (exact) mass is 598 g/mol. The van der Waals surface area contributed by atoms with Crippen molar-refractivity contribution >= 4 is 35.0 Å². The molecule has 0 saturated carbocycles. The van der Waals surface area contributed by atoms with E-state index in [1.807, 2.05) is 71.3 Å². The summed E-state index contributed by atoms with van der Waals surface area (Å²) in [6.07, 6.45) is 0. The largest absolute Gasteiger partial charge is 0.497 e. The molecule has 5 rings (SSSR count). The molecule has 9 heteroatoms. The molecule has 1 atom stereocenters. The van der Waals surface area contributed by atoms with Crippen LogP contribution in [0, 0.1) is 0 Å².